The fourth-order valence-electron chi connectivity index (χ4n) is 1.57. The Hall–Kier alpha value is -1.31. The molecule has 1 rings (SSSR count). The predicted octanol–water partition coefficient (Wildman–Crippen LogP) is 2.45. The molecule has 15 heavy (non-hydrogen) atoms. The van der Waals surface area contributed by atoms with Crippen LogP contribution >= 0.6 is 0 Å². The molecule has 0 aromatic carbocycles. The first-order valence-corrected chi connectivity index (χ1v) is 5.28. The lowest BCUT2D eigenvalue weighted by Gasteiger charge is -2.23. The Kier molecular flexibility index (Phi) is 3.51. The fraction of sp³-hybridized carbons (Fsp3) is 0.462. The first-order valence-electron chi connectivity index (χ1n) is 5.28. The number of carbonyl (C=O) groups is 1. The van der Waals surface area contributed by atoms with E-state index < -0.39 is 5.41 Å². The van der Waals surface area contributed by atoms with Crippen LogP contribution in [-0.2, 0) is 4.79 Å². The first kappa shape index (κ1) is 11.8. The Labute approximate surface area is 91.8 Å². The molecule has 0 saturated heterocycles. The van der Waals surface area contributed by atoms with E-state index in [2.05, 4.69) is 24.4 Å². The molecular weight excluding hydrogens is 186 g/mol. The minimum absolute atomic E-state index is 0.0429. The van der Waals surface area contributed by atoms with Gasteiger partial charge in [0.15, 0.2) is 0 Å². The summed E-state index contributed by atoms with van der Waals surface area (Å²) in [6.45, 7) is 5.99. The first-order chi connectivity index (χ1) is 6.98. The molecule has 0 bridgehead atoms. The summed E-state index contributed by atoms with van der Waals surface area (Å²) in [6.07, 6.45) is 10.3. The van der Waals surface area contributed by atoms with Crippen LogP contribution in [0.25, 0.3) is 0 Å². The molecule has 1 unspecified atom stereocenters. The van der Waals surface area contributed by atoms with Gasteiger partial charge in [-0.1, -0.05) is 37.3 Å². The summed E-state index contributed by atoms with van der Waals surface area (Å²) >= 11 is 0. The SMILES string of the molecule is CNC(=O)C(C)(C)C1=CC=CC(C)C=C1. The molecule has 82 valence electrons. The molecule has 0 heterocycles. The zero-order valence-corrected chi connectivity index (χ0v) is 9.87. The van der Waals surface area contributed by atoms with Gasteiger partial charge in [-0.25, -0.2) is 0 Å². The third kappa shape index (κ3) is 2.58. The molecule has 2 heteroatoms. The molecule has 0 saturated carbocycles. The van der Waals surface area contributed by atoms with Gasteiger partial charge in [-0.15, -0.1) is 0 Å². The highest BCUT2D eigenvalue weighted by atomic mass is 16.2. The molecule has 0 fully saturated rings. The molecular formula is C13H19NO. The second-order valence-corrected chi connectivity index (χ2v) is 4.43. The van der Waals surface area contributed by atoms with Crippen molar-refractivity contribution in [2.75, 3.05) is 7.05 Å². The van der Waals surface area contributed by atoms with Gasteiger partial charge in [0.1, 0.15) is 0 Å². The Bertz CT molecular complexity index is 334. The average Bonchev–Trinajstić information content (AvgIpc) is 2.41. The highest BCUT2D eigenvalue weighted by Gasteiger charge is 2.29. The van der Waals surface area contributed by atoms with E-state index in [1.54, 1.807) is 7.05 Å². The molecule has 0 radical (unpaired) electrons. The number of nitrogens with one attached hydrogen (secondary N) is 1. The Morgan fingerprint density at radius 3 is 2.67 bits per heavy atom. The van der Waals surface area contributed by atoms with Gasteiger partial charge in [0.2, 0.25) is 5.91 Å². The summed E-state index contributed by atoms with van der Waals surface area (Å²) in [5.74, 6) is 0.473. The summed E-state index contributed by atoms with van der Waals surface area (Å²) in [4.78, 5) is 11.7. The number of rotatable bonds is 2. The minimum atomic E-state index is -0.473. The van der Waals surface area contributed by atoms with E-state index in [0.29, 0.717) is 5.92 Å². The van der Waals surface area contributed by atoms with Crippen LogP contribution in [0.2, 0.25) is 0 Å². The van der Waals surface area contributed by atoms with Crippen LogP contribution in [0.15, 0.2) is 36.0 Å². The van der Waals surface area contributed by atoms with Gasteiger partial charge in [0, 0.05) is 7.05 Å². The van der Waals surface area contributed by atoms with Crippen molar-refractivity contribution in [2.24, 2.45) is 11.3 Å². The second kappa shape index (κ2) is 4.47. The monoisotopic (exact) mass is 205 g/mol. The zero-order chi connectivity index (χ0) is 11.5. The zero-order valence-electron chi connectivity index (χ0n) is 9.87. The van der Waals surface area contributed by atoms with Crippen molar-refractivity contribution >= 4 is 5.91 Å². The van der Waals surface area contributed by atoms with Gasteiger partial charge in [-0.3, -0.25) is 4.79 Å². The third-order valence-electron chi connectivity index (χ3n) is 2.79. The van der Waals surface area contributed by atoms with Crippen molar-refractivity contribution in [1.82, 2.24) is 5.32 Å². The van der Waals surface area contributed by atoms with Crippen LogP contribution in [-0.4, -0.2) is 13.0 Å². The number of hydrogen-bond donors (Lipinski definition) is 1. The van der Waals surface area contributed by atoms with Crippen molar-refractivity contribution in [2.45, 2.75) is 20.8 Å². The quantitative estimate of drug-likeness (QED) is 0.737. The molecule has 1 aliphatic carbocycles. The van der Waals surface area contributed by atoms with Crippen LogP contribution in [0.3, 0.4) is 0 Å². The predicted molar refractivity (Wildman–Crippen MR) is 63.4 cm³/mol. The van der Waals surface area contributed by atoms with E-state index >= 15 is 0 Å². The number of allylic oxidation sites excluding steroid dienone is 5. The van der Waals surface area contributed by atoms with Crippen LogP contribution in [0.4, 0.5) is 0 Å². The number of amides is 1. The van der Waals surface area contributed by atoms with Gasteiger partial charge in [0.05, 0.1) is 5.41 Å². The molecule has 1 aliphatic rings. The highest BCUT2D eigenvalue weighted by molar-refractivity contribution is 5.85. The molecule has 0 aromatic rings. The van der Waals surface area contributed by atoms with Gasteiger partial charge in [-0.2, -0.15) is 0 Å². The lowest BCUT2D eigenvalue weighted by Crippen LogP contribution is -2.35. The van der Waals surface area contributed by atoms with Crippen LogP contribution < -0.4 is 5.32 Å². The molecule has 0 aliphatic heterocycles. The maximum atomic E-state index is 11.7. The minimum Gasteiger partial charge on any atom is -0.358 e. The van der Waals surface area contributed by atoms with E-state index in [0.717, 1.165) is 5.57 Å². The standard InChI is InChI=1S/C13H19NO/c1-10-6-5-7-11(9-8-10)13(2,3)12(15)14-4/h5-10H,1-4H3,(H,14,15). The maximum Gasteiger partial charge on any atom is 0.229 e. The maximum absolute atomic E-state index is 11.7. The lowest BCUT2D eigenvalue weighted by molar-refractivity contribution is -0.126. The van der Waals surface area contributed by atoms with E-state index in [1.807, 2.05) is 32.1 Å². The van der Waals surface area contributed by atoms with Crippen molar-refractivity contribution in [3.63, 3.8) is 0 Å². The Balaban J connectivity index is 2.98. The molecule has 1 atom stereocenters. The average molecular weight is 205 g/mol. The summed E-state index contributed by atoms with van der Waals surface area (Å²) in [5.41, 5.74) is 0.571. The smallest absolute Gasteiger partial charge is 0.229 e. The molecule has 1 amide bonds. The van der Waals surface area contributed by atoms with Gasteiger partial charge in [-0.05, 0) is 25.3 Å². The van der Waals surface area contributed by atoms with E-state index in [-0.39, 0.29) is 5.91 Å². The summed E-state index contributed by atoms with van der Waals surface area (Å²) in [5, 5.41) is 2.70. The van der Waals surface area contributed by atoms with Crippen LogP contribution in [0.1, 0.15) is 20.8 Å². The van der Waals surface area contributed by atoms with E-state index in [1.165, 1.54) is 0 Å². The normalized spacial score (nSPS) is 20.8. The molecule has 1 N–H and O–H groups in total. The summed E-state index contributed by atoms with van der Waals surface area (Å²) in [7, 11) is 1.67. The van der Waals surface area contributed by atoms with Crippen molar-refractivity contribution in [1.29, 1.82) is 0 Å². The van der Waals surface area contributed by atoms with Gasteiger partial charge < -0.3 is 5.32 Å². The van der Waals surface area contributed by atoms with E-state index in [4.69, 9.17) is 0 Å². The number of carbonyl (C=O) groups excluding carboxylic acids is 1. The molecule has 0 aromatic heterocycles. The molecule has 0 spiro atoms. The van der Waals surface area contributed by atoms with Crippen LogP contribution in [0.5, 0.6) is 0 Å². The summed E-state index contributed by atoms with van der Waals surface area (Å²) < 4.78 is 0. The highest BCUT2D eigenvalue weighted by Crippen LogP contribution is 2.29. The van der Waals surface area contributed by atoms with Gasteiger partial charge in [0.25, 0.3) is 0 Å². The van der Waals surface area contributed by atoms with Crippen LogP contribution in [0, 0.1) is 11.3 Å². The van der Waals surface area contributed by atoms with Crippen molar-refractivity contribution < 1.29 is 4.79 Å². The second-order valence-electron chi connectivity index (χ2n) is 4.43. The third-order valence-corrected chi connectivity index (χ3v) is 2.79. The Morgan fingerprint density at radius 1 is 1.40 bits per heavy atom. The largest absolute Gasteiger partial charge is 0.358 e. The summed E-state index contributed by atoms with van der Waals surface area (Å²) in [6, 6.07) is 0. The number of hydrogen-bond acceptors (Lipinski definition) is 1. The van der Waals surface area contributed by atoms with Crippen molar-refractivity contribution in [3.8, 4) is 0 Å². The van der Waals surface area contributed by atoms with E-state index in [9.17, 15) is 4.79 Å². The lowest BCUT2D eigenvalue weighted by atomic mass is 9.82. The Morgan fingerprint density at radius 2 is 2.07 bits per heavy atom. The fourth-order valence-corrected chi connectivity index (χ4v) is 1.57. The molecule has 2 nitrogen and oxygen atoms in total. The van der Waals surface area contributed by atoms with Crippen molar-refractivity contribution in [3.05, 3.63) is 36.0 Å². The topological polar surface area (TPSA) is 29.1 Å². The van der Waals surface area contributed by atoms with Gasteiger partial charge >= 0.3 is 0 Å².